The van der Waals surface area contributed by atoms with E-state index in [4.69, 9.17) is 0 Å². The number of nitrogens with zero attached hydrogens (tertiary/aromatic N) is 5. The molecule has 2 aliphatic heterocycles. The summed E-state index contributed by atoms with van der Waals surface area (Å²) in [5, 5.41) is 13.9. The first kappa shape index (κ1) is 23.3. The predicted octanol–water partition coefficient (Wildman–Crippen LogP) is 4.17. The van der Waals surface area contributed by atoms with E-state index in [1.54, 1.807) is 11.8 Å². The number of nitro benzene ring substituents is 1. The van der Waals surface area contributed by atoms with Crippen LogP contribution in [0.25, 0.3) is 0 Å². The zero-order valence-corrected chi connectivity index (χ0v) is 19.1. The summed E-state index contributed by atoms with van der Waals surface area (Å²) < 4.78 is 42.2. The van der Waals surface area contributed by atoms with Crippen molar-refractivity contribution < 1.29 is 22.9 Å². The molecule has 2 saturated heterocycles. The highest BCUT2D eigenvalue weighted by Crippen LogP contribution is 2.46. The van der Waals surface area contributed by atoms with Gasteiger partial charge >= 0.3 is 0 Å². The van der Waals surface area contributed by atoms with Crippen LogP contribution in [0.4, 0.5) is 36.3 Å². The molecule has 9 nitrogen and oxygen atoms in total. The molecule has 3 fully saturated rings. The van der Waals surface area contributed by atoms with E-state index in [0.29, 0.717) is 30.6 Å². The van der Waals surface area contributed by atoms with Crippen LogP contribution in [0.5, 0.6) is 0 Å². The highest BCUT2D eigenvalue weighted by atomic mass is 19.3. The Labute approximate surface area is 199 Å². The molecule has 5 rings (SSSR count). The minimum Gasteiger partial charge on any atom is -0.370 e. The van der Waals surface area contributed by atoms with Crippen LogP contribution in [-0.2, 0) is 0 Å². The van der Waals surface area contributed by atoms with Crippen molar-refractivity contribution in [1.29, 1.82) is 0 Å². The quantitative estimate of drug-likeness (QED) is 0.496. The van der Waals surface area contributed by atoms with E-state index in [9.17, 15) is 23.7 Å². The van der Waals surface area contributed by atoms with Gasteiger partial charge in [-0.15, -0.1) is 0 Å². The molecule has 0 bridgehead atoms. The van der Waals surface area contributed by atoms with E-state index in [-0.39, 0.29) is 48.9 Å². The number of aromatic nitrogens is 2. The number of aryl methyl sites for hydroxylation is 1. The number of benzene rings is 1. The van der Waals surface area contributed by atoms with Gasteiger partial charge in [0.2, 0.25) is 5.95 Å². The number of carbonyl (C=O) groups excluding carboxylic acids is 1. The molecule has 2 unspecified atom stereocenters. The molecule has 1 aromatic carbocycles. The molecular weight excluding hydrogens is 465 g/mol. The van der Waals surface area contributed by atoms with Gasteiger partial charge in [-0.3, -0.25) is 14.9 Å². The number of piperidine rings is 2. The molecule has 2 atom stereocenters. The molecule has 3 heterocycles. The fraction of sp³-hybridized carbons (Fsp3) is 0.522. The number of anilines is 3. The molecule has 3 aliphatic rings. The van der Waals surface area contributed by atoms with Crippen LogP contribution in [0.1, 0.15) is 41.7 Å². The van der Waals surface area contributed by atoms with Crippen molar-refractivity contribution in [3.63, 3.8) is 0 Å². The van der Waals surface area contributed by atoms with Crippen LogP contribution < -0.4 is 15.1 Å². The van der Waals surface area contributed by atoms with Crippen molar-refractivity contribution in [2.45, 2.75) is 38.5 Å². The van der Waals surface area contributed by atoms with Crippen LogP contribution >= 0.6 is 0 Å². The van der Waals surface area contributed by atoms with E-state index in [1.165, 1.54) is 12.1 Å². The molecule has 1 saturated carbocycles. The maximum atomic E-state index is 15.1. The Kier molecular flexibility index (Phi) is 5.76. The lowest BCUT2D eigenvalue weighted by Gasteiger charge is -2.32. The van der Waals surface area contributed by atoms with Crippen LogP contribution in [0.3, 0.4) is 0 Å². The zero-order chi connectivity index (χ0) is 24.9. The second-order valence-electron chi connectivity index (χ2n) is 9.56. The summed E-state index contributed by atoms with van der Waals surface area (Å²) in [6, 6.07) is 3.48. The number of nitro groups is 1. The third-order valence-corrected chi connectivity index (χ3v) is 6.99. The van der Waals surface area contributed by atoms with Crippen LogP contribution in [0.15, 0.2) is 18.2 Å². The standard InChI is InChI=1S/C23H25F3N6O3/c1-13-8-19(29-22(27-13)30-6-3-23(25,26)4-7-30)28-21(33)20-17(24)10-16(32(34)35)11-18(20)31-5-2-14-9-15(14)12-31/h8,10-11,14-15H,2-7,9,12H2,1H3,(H,27,28,29,33). The fourth-order valence-electron chi connectivity index (χ4n) is 4.93. The Bertz CT molecular complexity index is 1180. The Morgan fingerprint density at radius 2 is 1.89 bits per heavy atom. The third kappa shape index (κ3) is 4.87. The summed E-state index contributed by atoms with van der Waals surface area (Å²) in [6.45, 7) is 3.02. The lowest BCUT2D eigenvalue weighted by Crippen LogP contribution is -2.40. The molecule has 12 heteroatoms. The minimum absolute atomic E-state index is 0.0715. The van der Waals surface area contributed by atoms with Gasteiger partial charge in [-0.1, -0.05) is 0 Å². The first-order valence-electron chi connectivity index (χ1n) is 11.6. The van der Waals surface area contributed by atoms with Crippen LogP contribution in [0, 0.1) is 34.7 Å². The van der Waals surface area contributed by atoms with Gasteiger partial charge in [-0.05, 0) is 31.6 Å². The van der Waals surface area contributed by atoms with E-state index < -0.39 is 28.3 Å². The molecule has 0 radical (unpaired) electrons. The van der Waals surface area contributed by atoms with Crippen molar-refractivity contribution in [3.05, 3.63) is 45.4 Å². The molecule has 1 aromatic heterocycles. The van der Waals surface area contributed by atoms with Crippen molar-refractivity contribution in [1.82, 2.24) is 9.97 Å². The maximum Gasteiger partial charge on any atom is 0.274 e. The first-order valence-corrected chi connectivity index (χ1v) is 11.6. The number of hydrogen-bond donors (Lipinski definition) is 1. The Morgan fingerprint density at radius 3 is 2.57 bits per heavy atom. The number of alkyl halides is 2. The zero-order valence-electron chi connectivity index (χ0n) is 19.1. The Morgan fingerprint density at radius 1 is 1.14 bits per heavy atom. The minimum atomic E-state index is -2.73. The van der Waals surface area contributed by atoms with E-state index in [0.717, 1.165) is 18.9 Å². The van der Waals surface area contributed by atoms with Gasteiger partial charge < -0.3 is 15.1 Å². The number of non-ortho nitro benzene ring substituents is 1. The van der Waals surface area contributed by atoms with Gasteiger partial charge in [0.1, 0.15) is 11.6 Å². The van der Waals surface area contributed by atoms with E-state index in [2.05, 4.69) is 15.3 Å². The van der Waals surface area contributed by atoms with Crippen molar-refractivity contribution >= 4 is 29.0 Å². The molecule has 35 heavy (non-hydrogen) atoms. The van der Waals surface area contributed by atoms with E-state index in [1.807, 2.05) is 4.90 Å². The average molecular weight is 490 g/mol. The number of rotatable bonds is 5. The molecule has 1 N–H and O–H groups in total. The topological polar surface area (TPSA) is 104 Å². The van der Waals surface area contributed by atoms with Gasteiger partial charge in [0.15, 0.2) is 0 Å². The van der Waals surface area contributed by atoms with Gasteiger partial charge in [-0.25, -0.2) is 18.2 Å². The number of fused-ring (bicyclic) bond motifs is 1. The summed E-state index contributed by atoms with van der Waals surface area (Å²) in [5.74, 6) is -3.13. The lowest BCUT2D eigenvalue weighted by atomic mass is 10.1. The highest BCUT2D eigenvalue weighted by molar-refractivity contribution is 6.08. The molecule has 0 spiro atoms. The molecule has 1 aliphatic carbocycles. The second kappa shape index (κ2) is 8.65. The first-order chi connectivity index (χ1) is 16.6. The normalized spacial score (nSPS) is 23.0. The maximum absolute atomic E-state index is 15.1. The van der Waals surface area contributed by atoms with Crippen molar-refractivity contribution in [2.75, 3.05) is 41.3 Å². The number of hydrogen-bond acceptors (Lipinski definition) is 7. The summed E-state index contributed by atoms with van der Waals surface area (Å²) in [4.78, 5) is 36.0. The smallest absolute Gasteiger partial charge is 0.274 e. The van der Waals surface area contributed by atoms with Gasteiger partial charge in [0.05, 0.1) is 22.2 Å². The third-order valence-electron chi connectivity index (χ3n) is 6.99. The monoisotopic (exact) mass is 490 g/mol. The van der Waals surface area contributed by atoms with Gasteiger partial charge in [0.25, 0.3) is 17.5 Å². The summed E-state index contributed by atoms with van der Waals surface area (Å²) >= 11 is 0. The average Bonchev–Trinajstić information content (AvgIpc) is 3.56. The largest absolute Gasteiger partial charge is 0.370 e. The molecule has 2 aromatic rings. The van der Waals surface area contributed by atoms with Crippen molar-refractivity contribution in [2.24, 2.45) is 11.8 Å². The lowest BCUT2D eigenvalue weighted by molar-refractivity contribution is -0.385. The van der Waals surface area contributed by atoms with Crippen LogP contribution in [0.2, 0.25) is 0 Å². The fourth-order valence-corrected chi connectivity index (χ4v) is 4.93. The summed E-state index contributed by atoms with van der Waals surface area (Å²) in [6.07, 6.45) is 1.32. The summed E-state index contributed by atoms with van der Waals surface area (Å²) in [5.41, 5.74) is -0.0224. The second-order valence-corrected chi connectivity index (χ2v) is 9.56. The Balaban J connectivity index is 1.42. The number of nitrogens with one attached hydrogen (secondary N) is 1. The molecule has 1 amide bonds. The molecule has 186 valence electrons. The van der Waals surface area contributed by atoms with Crippen LogP contribution in [-0.4, -0.2) is 52.9 Å². The summed E-state index contributed by atoms with van der Waals surface area (Å²) in [7, 11) is 0. The number of amides is 1. The molecular formula is C23H25F3N6O3. The van der Waals surface area contributed by atoms with Crippen molar-refractivity contribution in [3.8, 4) is 0 Å². The predicted molar refractivity (Wildman–Crippen MR) is 123 cm³/mol. The number of halogens is 3. The number of carbonyl (C=O) groups is 1. The van der Waals surface area contributed by atoms with Gasteiger partial charge in [-0.2, -0.15) is 4.98 Å². The SMILES string of the molecule is Cc1cc(NC(=O)c2c(F)cc([N+](=O)[O-])cc2N2CCC3CC3C2)nc(N2CCC(F)(F)CC2)n1. The van der Waals surface area contributed by atoms with Gasteiger partial charge in [0, 0.05) is 56.8 Å². The van der Waals surface area contributed by atoms with E-state index >= 15 is 4.39 Å². The Hall–Kier alpha value is -3.44. The highest BCUT2D eigenvalue weighted by Gasteiger charge is 2.42.